The van der Waals surface area contributed by atoms with Gasteiger partial charge in [0.1, 0.15) is 17.8 Å². The van der Waals surface area contributed by atoms with Crippen LogP contribution < -0.4 is 15.4 Å². The second-order valence-electron chi connectivity index (χ2n) is 6.36. The molecule has 0 saturated carbocycles. The van der Waals surface area contributed by atoms with Gasteiger partial charge in [0, 0.05) is 18.0 Å². The second kappa shape index (κ2) is 9.06. The number of anilines is 3. The van der Waals surface area contributed by atoms with Gasteiger partial charge in [-0.05, 0) is 13.3 Å². The molecule has 2 aromatic heterocycles. The number of sulfonamides is 1. The van der Waals surface area contributed by atoms with Crippen molar-refractivity contribution < 1.29 is 26.4 Å². The van der Waals surface area contributed by atoms with Crippen molar-refractivity contribution in [3.63, 3.8) is 0 Å². The number of carbonyl (C=O) groups excluding carboxylic acids is 1. The van der Waals surface area contributed by atoms with Gasteiger partial charge in [-0.2, -0.15) is 0 Å². The minimum absolute atomic E-state index is 0.00210. The molecule has 1 aromatic carbocycles. The van der Waals surface area contributed by atoms with Crippen molar-refractivity contribution in [3.05, 3.63) is 40.8 Å². The number of halogens is 3. The summed E-state index contributed by atoms with van der Waals surface area (Å²) in [5.74, 6) is -5.44. The smallest absolute Gasteiger partial charge is 0.258 e. The summed E-state index contributed by atoms with van der Waals surface area (Å²) in [6, 6.07) is 0.378. The van der Waals surface area contributed by atoms with E-state index in [1.807, 2.05) is 17.0 Å². The summed E-state index contributed by atoms with van der Waals surface area (Å²) in [5.41, 5.74) is -1.68. The summed E-state index contributed by atoms with van der Waals surface area (Å²) in [6.45, 7) is 4.02. The van der Waals surface area contributed by atoms with Crippen LogP contribution in [-0.2, 0) is 10.0 Å². The lowest BCUT2D eigenvalue weighted by atomic mass is 10.2. The lowest BCUT2D eigenvalue weighted by molar-refractivity contribution is 0.102. The first-order chi connectivity index (χ1) is 14.7. The molecule has 31 heavy (non-hydrogen) atoms. The Kier molecular flexibility index (Phi) is 6.65. The Labute approximate surface area is 180 Å². The summed E-state index contributed by atoms with van der Waals surface area (Å²) in [5, 5.41) is 6.42. The fraction of sp³-hybridized carbons (Fsp3) is 0.278. The first-order valence-corrected chi connectivity index (χ1v) is 11.7. The molecule has 0 aliphatic carbocycles. The molecule has 0 saturated heterocycles. The zero-order valence-electron chi connectivity index (χ0n) is 16.4. The van der Waals surface area contributed by atoms with Crippen molar-refractivity contribution in [3.8, 4) is 0 Å². The molecule has 0 aliphatic rings. The second-order valence-corrected chi connectivity index (χ2v) is 9.09. The van der Waals surface area contributed by atoms with E-state index >= 15 is 0 Å². The third-order valence-corrected chi connectivity index (χ3v) is 6.53. The third-order valence-electron chi connectivity index (χ3n) is 4.08. The summed E-state index contributed by atoms with van der Waals surface area (Å²) in [6.07, 6.45) is 1.46. The van der Waals surface area contributed by atoms with Crippen LogP contribution in [0.5, 0.6) is 0 Å². The molecule has 3 N–H and O–H groups in total. The molecule has 0 atom stereocenters. The maximum Gasteiger partial charge on any atom is 0.258 e. The molecule has 0 spiro atoms. The number of amides is 1. The molecule has 1 amide bonds. The fourth-order valence-electron chi connectivity index (χ4n) is 2.76. The number of nitrogens with one attached hydrogen (secondary N) is 3. The number of nitrogens with zero attached hydrogens (tertiary/aromatic N) is 2. The maximum atomic E-state index is 14.8. The number of thiophene rings is 1. The van der Waals surface area contributed by atoms with Crippen LogP contribution in [0.2, 0.25) is 0 Å². The number of rotatable bonds is 8. The van der Waals surface area contributed by atoms with Crippen molar-refractivity contribution in [2.24, 2.45) is 0 Å². The summed E-state index contributed by atoms with van der Waals surface area (Å²) in [4.78, 5) is 20.8. The predicted octanol–water partition coefficient (Wildman–Crippen LogP) is 3.94. The molecule has 0 radical (unpaired) electrons. The molecule has 0 fully saturated rings. The average Bonchev–Trinajstić information content (AvgIpc) is 3.14. The number of carbonyl (C=O) groups is 1. The third kappa shape index (κ3) is 4.71. The summed E-state index contributed by atoms with van der Waals surface area (Å²) >= 11 is 1.15. The van der Waals surface area contributed by atoms with Crippen molar-refractivity contribution in [1.29, 1.82) is 0 Å². The van der Waals surface area contributed by atoms with Crippen LogP contribution in [0.1, 0.15) is 30.6 Å². The van der Waals surface area contributed by atoms with Crippen LogP contribution in [0.4, 0.5) is 30.4 Å². The van der Waals surface area contributed by atoms with Crippen LogP contribution in [0.25, 0.3) is 10.2 Å². The minimum atomic E-state index is -3.98. The van der Waals surface area contributed by atoms with Gasteiger partial charge in [0.25, 0.3) is 5.91 Å². The Morgan fingerprint density at radius 2 is 1.90 bits per heavy atom. The van der Waals surface area contributed by atoms with E-state index in [0.717, 1.165) is 11.3 Å². The highest BCUT2D eigenvalue weighted by atomic mass is 32.2. The first kappa shape index (κ1) is 22.7. The largest absolute Gasteiger partial charge is 0.369 e. The molecule has 3 aromatic rings. The fourth-order valence-corrected chi connectivity index (χ4v) is 4.85. The molecule has 166 valence electrons. The molecular weight excluding hydrogens is 455 g/mol. The van der Waals surface area contributed by atoms with Gasteiger partial charge >= 0.3 is 0 Å². The normalized spacial score (nSPS) is 11.5. The van der Waals surface area contributed by atoms with Gasteiger partial charge in [0.2, 0.25) is 10.0 Å². The Hall–Kier alpha value is -2.93. The van der Waals surface area contributed by atoms with E-state index in [4.69, 9.17) is 0 Å². The van der Waals surface area contributed by atoms with Gasteiger partial charge in [0.15, 0.2) is 17.5 Å². The lowest BCUT2D eigenvalue weighted by Gasteiger charge is -2.13. The van der Waals surface area contributed by atoms with E-state index in [1.54, 1.807) is 6.92 Å². The molecule has 0 bridgehead atoms. The minimum Gasteiger partial charge on any atom is -0.369 e. The van der Waals surface area contributed by atoms with Crippen LogP contribution in [0, 0.1) is 17.5 Å². The van der Waals surface area contributed by atoms with Crippen LogP contribution >= 0.6 is 11.3 Å². The van der Waals surface area contributed by atoms with Crippen molar-refractivity contribution in [1.82, 2.24) is 9.97 Å². The average molecular weight is 474 g/mol. The number of benzene rings is 1. The van der Waals surface area contributed by atoms with Gasteiger partial charge in [-0.15, -0.1) is 11.3 Å². The molecule has 0 aliphatic heterocycles. The van der Waals surface area contributed by atoms with Crippen LogP contribution in [-0.4, -0.2) is 36.6 Å². The Bertz CT molecular complexity index is 1250. The monoisotopic (exact) mass is 473 g/mol. The van der Waals surface area contributed by atoms with E-state index in [2.05, 4.69) is 15.3 Å². The SMILES string of the molecule is CCCS(=O)(=O)Nc1cc(F)c(F)c(NC(=O)c2csc3c(NCC)ncnc23)c1F. The molecular formula is C18H18F3N5O3S2. The molecule has 0 unspecified atom stereocenters. The molecule has 3 rings (SSSR count). The number of fused-ring (bicyclic) bond motifs is 1. The van der Waals surface area contributed by atoms with E-state index in [1.165, 1.54) is 11.7 Å². The highest BCUT2D eigenvalue weighted by Gasteiger charge is 2.25. The van der Waals surface area contributed by atoms with Crippen molar-refractivity contribution in [2.45, 2.75) is 20.3 Å². The van der Waals surface area contributed by atoms with Crippen molar-refractivity contribution >= 4 is 54.7 Å². The van der Waals surface area contributed by atoms with Gasteiger partial charge in [-0.1, -0.05) is 6.92 Å². The van der Waals surface area contributed by atoms with Crippen LogP contribution in [0.15, 0.2) is 17.8 Å². The highest BCUT2D eigenvalue weighted by molar-refractivity contribution is 7.92. The van der Waals surface area contributed by atoms with E-state index in [0.29, 0.717) is 23.1 Å². The standard InChI is InChI=1S/C18H18F3N5O3S2/c1-3-5-31(28,29)26-11-6-10(19)12(20)15(13(11)21)25-18(27)9-7-30-16-14(9)23-8-24-17(16)22-4-2/h6-8,26H,3-5H2,1-2H3,(H,25,27)(H,22,23,24). The quantitative estimate of drug-likeness (QED) is 0.427. The predicted molar refractivity (Wildman–Crippen MR) is 114 cm³/mol. The highest BCUT2D eigenvalue weighted by Crippen LogP contribution is 2.32. The lowest BCUT2D eigenvalue weighted by Crippen LogP contribution is -2.20. The zero-order chi connectivity index (χ0) is 22.8. The molecule has 8 nitrogen and oxygen atoms in total. The van der Waals surface area contributed by atoms with E-state index < -0.39 is 44.8 Å². The number of aromatic nitrogens is 2. The van der Waals surface area contributed by atoms with Gasteiger partial charge in [0.05, 0.1) is 27.2 Å². The van der Waals surface area contributed by atoms with Gasteiger partial charge < -0.3 is 10.6 Å². The summed E-state index contributed by atoms with van der Waals surface area (Å²) < 4.78 is 69.3. The van der Waals surface area contributed by atoms with Gasteiger partial charge in [-0.25, -0.2) is 31.6 Å². The molecule has 13 heteroatoms. The number of hydrogen-bond acceptors (Lipinski definition) is 7. The van der Waals surface area contributed by atoms with E-state index in [9.17, 15) is 26.4 Å². The zero-order valence-corrected chi connectivity index (χ0v) is 18.1. The molecule has 2 heterocycles. The Balaban J connectivity index is 1.98. The van der Waals surface area contributed by atoms with Gasteiger partial charge in [-0.3, -0.25) is 9.52 Å². The van der Waals surface area contributed by atoms with E-state index in [-0.39, 0.29) is 23.3 Å². The van der Waals surface area contributed by atoms with Crippen LogP contribution in [0.3, 0.4) is 0 Å². The summed E-state index contributed by atoms with van der Waals surface area (Å²) in [7, 11) is -3.98. The Morgan fingerprint density at radius 3 is 2.58 bits per heavy atom. The van der Waals surface area contributed by atoms with Crippen molar-refractivity contribution in [2.75, 3.05) is 27.7 Å². The first-order valence-electron chi connectivity index (χ1n) is 9.13. The number of hydrogen-bond donors (Lipinski definition) is 3. The Morgan fingerprint density at radius 1 is 1.16 bits per heavy atom. The topological polar surface area (TPSA) is 113 Å². The maximum absolute atomic E-state index is 14.8.